The summed E-state index contributed by atoms with van der Waals surface area (Å²) in [5.41, 5.74) is 1.94. The Morgan fingerprint density at radius 2 is 2.04 bits per heavy atom. The summed E-state index contributed by atoms with van der Waals surface area (Å²) in [6, 6.07) is 3.87. The van der Waals surface area contributed by atoms with Crippen LogP contribution in [0, 0.1) is 13.8 Å². The molecule has 0 fully saturated rings. The van der Waals surface area contributed by atoms with Crippen LogP contribution < -0.4 is 10.6 Å². The molecule has 0 amide bonds. The van der Waals surface area contributed by atoms with E-state index in [1.54, 1.807) is 6.26 Å². The Morgan fingerprint density at radius 1 is 1.26 bits per heavy atom. The zero-order valence-corrected chi connectivity index (χ0v) is 16.2. The lowest BCUT2D eigenvalue weighted by molar-refractivity contribution is 0.392. The number of furan rings is 1. The predicted molar refractivity (Wildman–Crippen MR) is 101 cm³/mol. The van der Waals surface area contributed by atoms with Crippen molar-refractivity contribution in [2.24, 2.45) is 4.99 Å². The van der Waals surface area contributed by atoms with Crippen molar-refractivity contribution in [2.75, 3.05) is 13.1 Å². The quantitative estimate of drug-likeness (QED) is 0.399. The third-order valence-electron chi connectivity index (χ3n) is 3.36. The van der Waals surface area contributed by atoms with Gasteiger partial charge in [0.25, 0.3) is 0 Å². The molecular weight excluding hydrogens is 407 g/mol. The average Bonchev–Trinajstić information content (AvgIpc) is 3.13. The van der Waals surface area contributed by atoms with Crippen LogP contribution in [0.1, 0.15) is 36.1 Å². The maximum Gasteiger partial charge on any atom is 0.191 e. The fourth-order valence-corrected chi connectivity index (χ4v) is 2.06. The summed E-state index contributed by atoms with van der Waals surface area (Å²) in [6.45, 7) is 8.18. The number of nitrogens with zero attached hydrogens (tertiary/aromatic N) is 2. The molecule has 0 saturated heterocycles. The first kappa shape index (κ1) is 19.5. The van der Waals surface area contributed by atoms with E-state index in [0.29, 0.717) is 6.54 Å². The van der Waals surface area contributed by atoms with Crippen LogP contribution in [-0.2, 0) is 13.0 Å². The Hall–Kier alpha value is -1.51. The van der Waals surface area contributed by atoms with Crippen molar-refractivity contribution >= 4 is 29.9 Å². The highest BCUT2D eigenvalue weighted by Gasteiger charge is 2.08. The summed E-state index contributed by atoms with van der Waals surface area (Å²) in [5, 5.41) is 10.6. The first-order chi connectivity index (χ1) is 10.7. The SMILES string of the molecule is CCCNC(=NCc1c(C)noc1C)NCCc1ccco1.I. The molecule has 2 aromatic heterocycles. The normalized spacial score (nSPS) is 11.2. The van der Waals surface area contributed by atoms with Gasteiger partial charge in [0.1, 0.15) is 11.5 Å². The smallest absolute Gasteiger partial charge is 0.191 e. The third kappa shape index (κ3) is 6.25. The minimum atomic E-state index is 0. The van der Waals surface area contributed by atoms with Gasteiger partial charge in [-0.15, -0.1) is 24.0 Å². The molecule has 2 heterocycles. The van der Waals surface area contributed by atoms with Crippen molar-refractivity contribution in [1.82, 2.24) is 15.8 Å². The molecule has 23 heavy (non-hydrogen) atoms. The number of aliphatic imine (C=N–C) groups is 1. The Kier molecular flexibility index (Phi) is 8.75. The Morgan fingerprint density at radius 3 is 2.65 bits per heavy atom. The maximum absolute atomic E-state index is 5.33. The number of aromatic nitrogens is 1. The number of rotatable bonds is 7. The van der Waals surface area contributed by atoms with E-state index in [1.807, 2.05) is 26.0 Å². The second-order valence-electron chi connectivity index (χ2n) is 5.15. The highest BCUT2D eigenvalue weighted by Crippen LogP contribution is 2.12. The van der Waals surface area contributed by atoms with Gasteiger partial charge in [-0.1, -0.05) is 12.1 Å². The van der Waals surface area contributed by atoms with Gasteiger partial charge in [-0.3, -0.25) is 0 Å². The van der Waals surface area contributed by atoms with E-state index in [4.69, 9.17) is 8.94 Å². The van der Waals surface area contributed by atoms with Crippen molar-refractivity contribution in [3.8, 4) is 0 Å². The van der Waals surface area contributed by atoms with Crippen LogP contribution in [0.25, 0.3) is 0 Å². The number of guanidine groups is 1. The molecule has 0 aliphatic carbocycles. The van der Waals surface area contributed by atoms with E-state index < -0.39 is 0 Å². The van der Waals surface area contributed by atoms with Crippen LogP contribution >= 0.6 is 24.0 Å². The second kappa shape index (κ2) is 10.3. The molecule has 0 atom stereocenters. The lowest BCUT2D eigenvalue weighted by Crippen LogP contribution is -2.38. The third-order valence-corrected chi connectivity index (χ3v) is 3.36. The summed E-state index contributed by atoms with van der Waals surface area (Å²) < 4.78 is 10.5. The molecule has 2 rings (SSSR count). The summed E-state index contributed by atoms with van der Waals surface area (Å²) >= 11 is 0. The van der Waals surface area contributed by atoms with Crippen LogP contribution in [0.15, 0.2) is 32.3 Å². The molecule has 128 valence electrons. The van der Waals surface area contributed by atoms with E-state index in [2.05, 4.69) is 27.7 Å². The molecular formula is C16H25IN4O2. The first-order valence-corrected chi connectivity index (χ1v) is 7.67. The average molecular weight is 432 g/mol. The highest BCUT2D eigenvalue weighted by atomic mass is 127. The van der Waals surface area contributed by atoms with Crippen LogP contribution in [0.2, 0.25) is 0 Å². The molecule has 0 spiro atoms. The second-order valence-corrected chi connectivity index (χ2v) is 5.15. The van der Waals surface area contributed by atoms with E-state index in [0.717, 1.165) is 54.7 Å². The van der Waals surface area contributed by atoms with Gasteiger partial charge in [0.15, 0.2) is 5.96 Å². The number of halogens is 1. The Balaban J connectivity index is 0.00000264. The molecule has 0 bridgehead atoms. The molecule has 2 N–H and O–H groups in total. The lowest BCUT2D eigenvalue weighted by atomic mass is 10.2. The minimum absolute atomic E-state index is 0. The molecule has 0 aliphatic heterocycles. The molecule has 0 aliphatic rings. The summed E-state index contributed by atoms with van der Waals surface area (Å²) in [7, 11) is 0. The van der Waals surface area contributed by atoms with E-state index >= 15 is 0 Å². The van der Waals surface area contributed by atoms with Gasteiger partial charge < -0.3 is 19.6 Å². The van der Waals surface area contributed by atoms with Crippen molar-refractivity contribution < 1.29 is 8.94 Å². The van der Waals surface area contributed by atoms with Crippen molar-refractivity contribution in [2.45, 2.75) is 40.2 Å². The van der Waals surface area contributed by atoms with Crippen LogP contribution in [-0.4, -0.2) is 24.2 Å². The Labute approximate surface area is 154 Å². The fraction of sp³-hybridized carbons (Fsp3) is 0.500. The van der Waals surface area contributed by atoms with Crippen molar-refractivity contribution in [1.29, 1.82) is 0 Å². The van der Waals surface area contributed by atoms with Gasteiger partial charge in [0.2, 0.25) is 0 Å². The van der Waals surface area contributed by atoms with E-state index in [-0.39, 0.29) is 24.0 Å². The van der Waals surface area contributed by atoms with Crippen LogP contribution in [0.4, 0.5) is 0 Å². The number of nitrogens with one attached hydrogen (secondary N) is 2. The van der Waals surface area contributed by atoms with Crippen LogP contribution in [0.5, 0.6) is 0 Å². The topological polar surface area (TPSA) is 75.6 Å². The zero-order chi connectivity index (χ0) is 15.8. The Bertz CT molecular complexity index is 574. The molecule has 2 aromatic rings. The summed E-state index contributed by atoms with van der Waals surface area (Å²) in [6.07, 6.45) is 3.56. The fourth-order valence-electron chi connectivity index (χ4n) is 2.06. The highest BCUT2D eigenvalue weighted by molar-refractivity contribution is 14.0. The minimum Gasteiger partial charge on any atom is -0.469 e. The van der Waals surface area contributed by atoms with Gasteiger partial charge in [0, 0.05) is 25.1 Å². The molecule has 0 radical (unpaired) electrons. The molecule has 0 unspecified atom stereocenters. The van der Waals surface area contributed by atoms with Gasteiger partial charge in [-0.2, -0.15) is 0 Å². The van der Waals surface area contributed by atoms with Gasteiger partial charge >= 0.3 is 0 Å². The van der Waals surface area contributed by atoms with Crippen molar-refractivity contribution in [3.05, 3.63) is 41.2 Å². The number of aryl methyl sites for hydroxylation is 2. The van der Waals surface area contributed by atoms with Crippen LogP contribution in [0.3, 0.4) is 0 Å². The van der Waals surface area contributed by atoms with Gasteiger partial charge in [0.05, 0.1) is 18.5 Å². The first-order valence-electron chi connectivity index (χ1n) is 7.67. The molecule has 7 heteroatoms. The van der Waals surface area contributed by atoms with E-state index in [9.17, 15) is 0 Å². The molecule has 6 nitrogen and oxygen atoms in total. The monoisotopic (exact) mass is 432 g/mol. The standard InChI is InChI=1S/C16H24N4O2.HI/c1-4-8-17-16(18-9-7-14-6-5-10-21-14)19-11-15-12(2)20-22-13(15)3;/h5-6,10H,4,7-9,11H2,1-3H3,(H2,17,18,19);1H. The molecule has 0 aromatic carbocycles. The van der Waals surface area contributed by atoms with Crippen molar-refractivity contribution in [3.63, 3.8) is 0 Å². The lowest BCUT2D eigenvalue weighted by Gasteiger charge is -2.11. The summed E-state index contributed by atoms with van der Waals surface area (Å²) in [4.78, 5) is 4.61. The number of hydrogen-bond donors (Lipinski definition) is 2. The maximum atomic E-state index is 5.33. The predicted octanol–water partition coefficient (Wildman–Crippen LogP) is 3.19. The number of hydrogen-bond acceptors (Lipinski definition) is 4. The molecule has 0 saturated carbocycles. The van der Waals surface area contributed by atoms with Gasteiger partial charge in [-0.25, -0.2) is 4.99 Å². The largest absolute Gasteiger partial charge is 0.469 e. The summed E-state index contributed by atoms with van der Waals surface area (Å²) in [5.74, 6) is 2.59. The van der Waals surface area contributed by atoms with Gasteiger partial charge in [-0.05, 0) is 32.4 Å². The zero-order valence-electron chi connectivity index (χ0n) is 13.9. The van der Waals surface area contributed by atoms with E-state index in [1.165, 1.54) is 0 Å².